The molecule has 0 bridgehead atoms. The lowest BCUT2D eigenvalue weighted by atomic mass is 10.1. The van der Waals surface area contributed by atoms with Crippen molar-refractivity contribution in [1.82, 2.24) is 0 Å². The monoisotopic (exact) mass is 303 g/mol. The molecule has 0 radical (unpaired) electrons. The van der Waals surface area contributed by atoms with Gasteiger partial charge in [-0.2, -0.15) is 11.8 Å². The number of phosphoric acid groups is 1. The number of phosphoric ester groups is 1. The minimum atomic E-state index is -4.61. The Morgan fingerprint density at radius 3 is 2.39 bits per heavy atom. The largest absolute Gasteiger partial charge is 0.480 e. The number of aliphatic hydroxyl groups is 1. The van der Waals surface area contributed by atoms with Crippen molar-refractivity contribution in [1.29, 1.82) is 0 Å². The molecule has 0 aliphatic heterocycles. The predicted octanol–water partition coefficient (Wildman–Crippen LogP) is -0.620. The van der Waals surface area contributed by atoms with E-state index in [9.17, 15) is 14.5 Å². The number of aliphatic carboxylic acids is 1. The number of hydrogen-bond donors (Lipinski definition) is 5. The van der Waals surface area contributed by atoms with Gasteiger partial charge in [-0.05, 0) is 13.8 Å². The van der Waals surface area contributed by atoms with Gasteiger partial charge in [0.2, 0.25) is 0 Å². The third-order valence-electron chi connectivity index (χ3n) is 2.10. The summed E-state index contributed by atoms with van der Waals surface area (Å²) in [4.78, 5) is 27.6. The highest BCUT2D eigenvalue weighted by molar-refractivity contribution is 8.00. The molecule has 2 atom stereocenters. The number of aliphatic hydroxyl groups excluding tert-OH is 1. The van der Waals surface area contributed by atoms with E-state index in [0.29, 0.717) is 0 Å². The molecule has 0 heterocycles. The Labute approximate surface area is 109 Å². The van der Waals surface area contributed by atoms with Crippen molar-refractivity contribution < 1.29 is 33.9 Å². The third-order valence-corrected chi connectivity index (χ3v) is 4.13. The first kappa shape index (κ1) is 17.8. The summed E-state index contributed by atoms with van der Waals surface area (Å²) < 4.78 is 13.7. The highest BCUT2D eigenvalue weighted by atomic mass is 32.2. The number of nitrogens with two attached hydrogens (primary N) is 1. The Morgan fingerprint density at radius 2 is 2.00 bits per heavy atom. The highest BCUT2D eigenvalue weighted by Crippen LogP contribution is 2.36. The molecule has 10 heteroatoms. The summed E-state index contributed by atoms with van der Waals surface area (Å²) in [6.07, 6.45) is -1.12. The Bertz CT molecular complexity index is 331. The zero-order valence-electron chi connectivity index (χ0n) is 10.0. The molecule has 18 heavy (non-hydrogen) atoms. The topological polar surface area (TPSA) is 150 Å². The van der Waals surface area contributed by atoms with Crippen LogP contribution in [-0.4, -0.2) is 55.2 Å². The Hall–Kier alpha value is -0.150. The van der Waals surface area contributed by atoms with E-state index < -0.39 is 37.3 Å². The van der Waals surface area contributed by atoms with Crippen LogP contribution in [0.3, 0.4) is 0 Å². The first-order valence-corrected chi connectivity index (χ1v) is 7.48. The lowest BCUT2D eigenvalue weighted by Crippen LogP contribution is -2.47. The van der Waals surface area contributed by atoms with Crippen molar-refractivity contribution in [2.45, 2.75) is 30.7 Å². The van der Waals surface area contributed by atoms with E-state index in [2.05, 4.69) is 4.52 Å². The van der Waals surface area contributed by atoms with Crippen molar-refractivity contribution in [3.8, 4) is 0 Å². The maximum absolute atomic E-state index is 10.7. The van der Waals surface area contributed by atoms with Crippen LogP contribution in [0.15, 0.2) is 0 Å². The first-order valence-electron chi connectivity index (χ1n) is 4.96. The molecule has 0 fully saturated rings. The number of thioether (sulfide) groups is 1. The van der Waals surface area contributed by atoms with Gasteiger partial charge >= 0.3 is 13.8 Å². The van der Waals surface area contributed by atoms with Crippen LogP contribution < -0.4 is 5.73 Å². The van der Waals surface area contributed by atoms with E-state index in [1.165, 1.54) is 0 Å². The quantitative estimate of drug-likeness (QED) is 0.369. The van der Waals surface area contributed by atoms with Gasteiger partial charge < -0.3 is 25.7 Å². The van der Waals surface area contributed by atoms with Gasteiger partial charge in [0.25, 0.3) is 0 Å². The van der Waals surface area contributed by atoms with Crippen molar-refractivity contribution in [2.75, 3.05) is 12.4 Å². The summed E-state index contributed by atoms with van der Waals surface area (Å²) in [6.45, 7) is 2.68. The predicted molar refractivity (Wildman–Crippen MR) is 66.2 cm³/mol. The van der Waals surface area contributed by atoms with Gasteiger partial charge in [-0.3, -0.25) is 9.32 Å². The molecular formula is C8H18NO7PS. The molecule has 2 unspecified atom stereocenters. The molecule has 0 amide bonds. The standard InChI is InChI=1S/C8H18NO7PS/c1-8(2,6(9)7(11)12)18-4-5(10)3-16-17(13,14)15/h5-6,10H,3-4,9H2,1-2H3,(H,11,12)(H2,13,14,15). The normalized spacial score (nSPS) is 16.3. The smallest absolute Gasteiger partial charge is 0.469 e. The van der Waals surface area contributed by atoms with Crippen LogP contribution in [0.2, 0.25) is 0 Å². The molecule has 0 aliphatic carbocycles. The number of carboxylic acid groups (broad SMARTS) is 1. The van der Waals surface area contributed by atoms with Crippen molar-refractivity contribution in [2.24, 2.45) is 5.73 Å². The van der Waals surface area contributed by atoms with Crippen LogP contribution in [0.25, 0.3) is 0 Å². The van der Waals surface area contributed by atoms with Crippen LogP contribution in [0.1, 0.15) is 13.8 Å². The van der Waals surface area contributed by atoms with Gasteiger partial charge in [0.05, 0.1) is 12.7 Å². The van der Waals surface area contributed by atoms with E-state index >= 15 is 0 Å². The first-order chi connectivity index (χ1) is 7.96. The summed E-state index contributed by atoms with van der Waals surface area (Å²) in [6, 6.07) is -1.11. The van der Waals surface area contributed by atoms with Crippen LogP contribution in [0, 0.1) is 0 Å². The number of rotatable bonds is 8. The molecule has 0 aromatic carbocycles. The van der Waals surface area contributed by atoms with Crippen molar-refractivity contribution in [3.63, 3.8) is 0 Å². The van der Waals surface area contributed by atoms with E-state index in [0.717, 1.165) is 11.8 Å². The zero-order chi connectivity index (χ0) is 14.6. The summed E-state index contributed by atoms with van der Waals surface area (Å²) in [7, 11) is -4.61. The minimum absolute atomic E-state index is 0.0496. The SMILES string of the molecule is CC(C)(SCC(O)COP(=O)(O)O)C(N)C(=O)O. The summed E-state index contributed by atoms with van der Waals surface area (Å²) in [5.74, 6) is -1.11. The number of carbonyl (C=O) groups is 1. The molecule has 0 saturated carbocycles. The third kappa shape index (κ3) is 7.32. The summed E-state index contributed by atoms with van der Waals surface area (Å²) in [5, 5.41) is 18.2. The van der Waals surface area contributed by atoms with Gasteiger partial charge in [-0.1, -0.05) is 0 Å². The highest BCUT2D eigenvalue weighted by Gasteiger charge is 2.33. The van der Waals surface area contributed by atoms with Gasteiger partial charge in [0, 0.05) is 10.5 Å². The van der Waals surface area contributed by atoms with Crippen LogP contribution in [0.4, 0.5) is 0 Å². The van der Waals surface area contributed by atoms with Crippen molar-refractivity contribution in [3.05, 3.63) is 0 Å². The van der Waals surface area contributed by atoms with Crippen molar-refractivity contribution >= 4 is 25.6 Å². The summed E-state index contributed by atoms with van der Waals surface area (Å²) >= 11 is 1.09. The molecular weight excluding hydrogens is 285 g/mol. The Morgan fingerprint density at radius 1 is 1.50 bits per heavy atom. The molecule has 0 aliphatic rings. The van der Waals surface area contributed by atoms with Gasteiger partial charge in [-0.15, -0.1) is 0 Å². The number of carboxylic acids is 1. The molecule has 0 spiro atoms. The lowest BCUT2D eigenvalue weighted by molar-refractivity contribution is -0.139. The van der Waals surface area contributed by atoms with Gasteiger partial charge in [0.15, 0.2) is 0 Å². The van der Waals surface area contributed by atoms with Gasteiger partial charge in [0.1, 0.15) is 6.04 Å². The fourth-order valence-corrected chi connectivity index (χ4v) is 2.29. The molecule has 108 valence electrons. The minimum Gasteiger partial charge on any atom is -0.480 e. The molecule has 0 saturated heterocycles. The fraction of sp³-hybridized carbons (Fsp3) is 0.875. The Kier molecular flexibility index (Phi) is 6.80. The molecule has 0 rings (SSSR count). The van der Waals surface area contributed by atoms with E-state index in [4.69, 9.17) is 20.6 Å². The maximum atomic E-state index is 10.7. The average Bonchev–Trinajstić information content (AvgIpc) is 2.21. The molecule has 0 aromatic rings. The van der Waals surface area contributed by atoms with E-state index in [-0.39, 0.29) is 5.75 Å². The van der Waals surface area contributed by atoms with Crippen LogP contribution in [-0.2, 0) is 13.9 Å². The molecule has 6 N–H and O–H groups in total. The fourth-order valence-electron chi connectivity index (χ4n) is 0.929. The van der Waals surface area contributed by atoms with E-state index in [1.54, 1.807) is 13.8 Å². The maximum Gasteiger partial charge on any atom is 0.469 e. The van der Waals surface area contributed by atoms with Gasteiger partial charge in [-0.25, -0.2) is 4.57 Å². The average molecular weight is 303 g/mol. The Balaban J connectivity index is 4.16. The zero-order valence-corrected chi connectivity index (χ0v) is 11.7. The second-order valence-electron chi connectivity index (χ2n) is 4.17. The second kappa shape index (κ2) is 6.85. The van der Waals surface area contributed by atoms with Crippen LogP contribution >= 0.6 is 19.6 Å². The molecule has 8 nitrogen and oxygen atoms in total. The second-order valence-corrected chi connectivity index (χ2v) is 7.08. The van der Waals surface area contributed by atoms with Crippen LogP contribution in [0.5, 0.6) is 0 Å². The van der Waals surface area contributed by atoms with E-state index in [1.807, 2.05) is 0 Å². The summed E-state index contributed by atoms with van der Waals surface area (Å²) in [5.41, 5.74) is 5.47. The number of hydrogen-bond acceptors (Lipinski definition) is 6. The molecule has 0 aromatic heterocycles. The lowest BCUT2D eigenvalue weighted by Gasteiger charge is -2.28.